The molecule has 1 N–H and O–H groups in total. The molecule has 0 fully saturated rings. The van der Waals surface area contributed by atoms with E-state index < -0.39 is 0 Å². The molecule has 0 unspecified atom stereocenters. The number of imidazole rings is 1. The Bertz CT molecular complexity index is 895. The summed E-state index contributed by atoms with van der Waals surface area (Å²) in [5.74, 6) is 0.833. The molecular weight excluding hydrogens is 298 g/mol. The summed E-state index contributed by atoms with van der Waals surface area (Å²) in [7, 11) is 0. The number of carbonyl (C=O) groups is 1. The van der Waals surface area contributed by atoms with E-state index >= 15 is 0 Å². The Balaban J connectivity index is 2.10. The maximum atomic E-state index is 11.5. The first-order valence-electron chi connectivity index (χ1n) is 8.24. The van der Waals surface area contributed by atoms with Crippen molar-refractivity contribution in [2.24, 2.45) is 0 Å². The zero-order valence-electron chi connectivity index (χ0n) is 14.6. The first kappa shape index (κ1) is 16.2. The highest BCUT2D eigenvalue weighted by atomic mass is 16.1. The van der Waals surface area contributed by atoms with Crippen LogP contribution >= 0.6 is 0 Å². The maximum Gasteiger partial charge on any atom is 0.217 e. The van der Waals surface area contributed by atoms with Gasteiger partial charge in [-0.25, -0.2) is 4.98 Å². The van der Waals surface area contributed by atoms with Gasteiger partial charge in [0.15, 0.2) is 0 Å². The SMILES string of the molecule is CC(=O)N[C@@H](C)c1nc2ccccc2n1Cc1cc(C)ccc1C. The number of nitrogens with zero attached hydrogens (tertiary/aromatic N) is 2. The predicted molar refractivity (Wildman–Crippen MR) is 97.0 cm³/mol. The van der Waals surface area contributed by atoms with E-state index in [0.717, 1.165) is 23.4 Å². The molecule has 3 rings (SSSR count). The summed E-state index contributed by atoms with van der Waals surface area (Å²) < 4.78 is 2.21. The molecule has 24 heavy (non-hydrogen) atoms. The van der Waals surface area contributed by atoms with Crippen LogP contribution in [0.2, 0.25) is 0 Å². The van der Waals surface area contributed by atoms with Gasteiger partial charge in [0.2, 0.25) is 5.91 Å². The highest BCUT2D eigenvalue weighted by Gasteiger charge is 2.17. The van der Waals surface area contributed by atoms with Crippen molar-refractivity contribution in [1.82, 2.24) is 14.9 Å². The van der Waals surface area contributed by atoms with Gasteiger partial charge in [-0.05, 0) is 44.0 Å². The third-order valence-electron chi connectivity index (χ3n) is 4.32. The molecule has 0 aliphatic carbocycles. The van der Waals surface area contributed by atoms with E-state index in [-0.39, 0.29) is 11.9 Å². The van der Waals surface area contributed by atoms with Gasteiger partial charge in [0.05, 0.1) is 17.1 Å². The van der Waals surface area contributed by atoms with E-state index in [9.17, 15) is 4.79 Å². The fourth-order valence-electron chi connectivity index (χ4n) is 3.10. The van der Waals surface area contributed by atoms with Crippen LogP contribution in [0.4, 0.5) is 0 Å². The second-order valence-corrected chi connectivity index (χ2v) is 6.40. The van der Waals surface area contributed by atoms with Crippen molar-refractivity contribution in [3.63, 3.8) is 0 Å². The smallest absolute Gasteiger partial charge is 0.217 e. The molecule has 4 heteroatoms. The monoisotopic (exact) mass is 321 g/mol. The van der Waals surface area contributed by atoms with Crippen molar-refractivity contribution in [3.05, 3.63) is 65.0 Å². The van der Waals surface area contributed by atoms with Crippen LogP contribution in [0.1, 0.15) is 42.4 Å². The van der Waals surface area contributed by atoms with Gasteiger partial charge < -0.3 is 9.88 Å². The molecule has 0 saturated carbocycles. The molecule has 0 saturated heterocycles. The molecule has 1 amide bonds. The van der Waals surface area contributed by atoms with E-state index in [4.69, 9.17) is 4.98 Å². The molecule has 0 spiro atoms. The molecule has 1 heterocycles. The lowest BCUT2D eigenvalue weighted by atomic mass is 10.1. The van der Waals surface area contributed by atoms with Crippen LogP contribution in [-0.2, 0) is 11.3 Å². The molecular formula is C20H23N3O. The lowest BCUT2D eigenvalue weighted by Crippen LogP contribution is -2.26. The van der Waals surface area contributed by atoms with E-state index in [2.05, 4.69) is 48.0 Å². The van der Waals surface area contributed by atoms with Crippen molar-refractivity contribution >= 4 is 16.9 Å². The van der Waals surface area contributed by atoms with Gasteiger partial charge in [-0.15, -0.1) is 0 Å². The molecule has 0 radical (unpaired) electrons. The minimum absolute atomic E-state index is 0.0483. The van der Waals surface area contributed by atoms with Gasteiger partial charge in [0.1, 0.15) is 5.82 Å². The quantitative estimate of drug-likeness (QED) is 0.792. The minimum Gasteiger partial charge on any atom is -0.347 e. The Labute approximate surface area is 142 Å². The second-order valence-electron chi connectivity index (χ2n) is 6.40. The van der Waals surface area contributed by atoms with Crippen LogP contribution in [0, 0.1) is 13.8 Å². The van der Waals surface area contributed by atoms with E-state index in [1.165, 1.54) is 23.6 Å². The lowest BCUT2D eigenvalue weighted by Gasteiger charge is -2.17. The first-order chi connectivity index (χ1) is 11.5. The Kier molecular flexibility index (Phi) is 4.38. The Morgan fingerprint density at radius 3 is 2.71 bits per heavy atom. The average molecular weight is 321 g/mol. The van der Waals surface area contributed by atoms with Crippen LogP contribution < -0.4 is 5.32 Å². The van der Waals surface area contributed by atoms with Crippen LogP contribution in [0.5, 0.6) is 0 Å². The summed E-state index contributed by atoms with van der Waals surface area (Å²) in [5.41, 5.74) is 5.82. The summed E-state index contributed by atoms with van der Waals surface area (Å²) in [5, 5.41) is 2.95. The maximum absolute atomic E-state index is 11.5. The molecule has 0 aliphatic heterocycles. The van der Waals surface area contributed by atoms with Crippen LogP contribution in [0.25, 0.3) is 11.0 Å². The minimum atomic E-state index is -0.139. The highest BCUT2D eigenvalue weighted by Crippen LogP contribution is 2.23. The van der Waals surface area contributed by atoms with E-state index in [1.54, 1.807) is 0 Å². The van der Waals surface area contributed by atoms with Gasteiger partial charge in [0.25, 0.3) is 0 Å². The number of aryl methyl sites for hydroxylation is 2. The van der Waals surface area contributed by atoms with Gasteiger partial charge in [0, 0.05) is 13.5 Å². The highest BCUT2D eigenvalue weighted by molar-refractivity contribution is 5.77. The average Bonchev–Trinajstić information content (AvgIpc) is 2.89. The van der Waals surface area contributed by atoms with Crippen LogP contribution in [0.3, 0.4) is 0 Å². The number of carbonyl (C=O) groups excluding carboxylic acids is 1. The summed E-state index contributed by atoms with van der Waals surface area (Å²) in [4.78, 5) is 16.2. The van der Waals surface area contributed by atoms with Gasteiger partial charge >= 0.3 is 0 Å². The standard InChI is InChI=1S/C20H23N3O/c1-13-9-10-14(2)17(11-13)12-23-19-8-6-5-7-18(19)22-20(23)15(3)21-16(4)24/h5-11,15H,12H2,1-4H3,(H,21,24)/t15-/m0/s1. The molecule has 2 aromatic carbocycles. The van der Waals surface area contributed by atoms with Crippen LogP contribution in [0.15, 0.2) is 42.5 Å². The Morgan fingerprint density at radius 1 is 1.21 bits per heavy atom. The zero-order valence-corrected chi connectivity index (χ0v) is 14.6. The fourth-order valence-corrected chi connectivity index (χ4v) is 3.10. The number of hydrogen-bond acceptors (Lipinski definition) is 2. The second kappa shape index (κ2) is 6.48. The first-order valence-corrected chi connectivity index (χ1v) is 8.24. The van der Waals surface area contributed by atoms with E-state index in [0.29, 0.717) is 0 Å². The van der Waals surface area contributed by atoms with Gasteiger partial charge in [-0.1, -0.05) is 35.9 Å². The molecule has 4 nitrogen and oxygen atoms in total. The molecule has 0 aliphatic rings. The number of fused-ring (bicyclic) bond motifs is 1. The summed E-state index contributed by atoms with van der Waals surface area (Å²) >= 11 is 0. The number of aromatic nitrogens is 2. The third kappa shape index (κ3) is 3.18. The number of nitrogens with one attached hydrogen (secondary N) is 1. The Hall–Kier alpha value is -2.62. The van der Waals surface area contributed by atoms with Crippen molar-refractivity contribution in [2.75, 3.05) is 0 Å². The van der Waals surface area contributed by atoms with Crippen molar-refractivity contribution in [2.45, 2.75) is 40.3 Å². The number of para-hydroxylation sites is 2. The topological polar surface area (TPSA) is 46.9 Å². The largest absolute Gasteiger partial charge is 0.347 e. The summed E-state index contributed by atoms with van der Waals surface area (Å²) in [6.07, 6.45) is 0. The fraction of sp³-hybridized carbons (Fsp3) is 0.300. The van der Waals surface area contributed by atoms with Gasteiger partial charge in [-0.2, -0.15) is 0 Å². The van der Waals surface area contributed by atoms with Crippen LogP contribution in [-0.4, -0.2) is 15.5 Å². The predicted octanol–water partition coefficient (Wildman–Crippen LogP) is 3.90. The number of benzene rings is 2. The van der Waals surface area contributed by atoms with Crippen molar-refractivity contribution in [3.8, 4) is 0 Å². The number of hydrogen-bond donors (Lipinski definition) is 1. The van der Waals surface area contributed by atoms with E-state index in [1.807, 2.05) is 25.1 Å². The normalized spacial score (nSPS) is 12.3. The Morgan fingerprint density at radius 2 is 1.96 bits per heavy atom. The van der Waals surface area contributed by atoms with Crippen molar-refractivity contribution in [1.29, 1.82) is 0 Å². The summed E-state index contributed by atoms with van der Waals surface area (Å²) in [6, 6.07) is 14.5. The number of rotatable bonds is 4. The molecule has 1 atom stereocenters. The van der Waals surface area contributed by atoms with Crippen molar-refractivity contribution < 1.29 is 4.79 Å². The zero-order chi connectivity index (χ0) is 17.3. The molecule has 1 aromatic heterocycles. The third-order valence-corrected chi connectivity index (χ3v) is 4.32. The number of amides is 1. The van der Waals surface area contributed by atoms with Gasteiger partial charge in [-0.3, -0.25) is 4.79 Å². The molecule has 124 valence electrons. The molecule has 0 bridgehead atoms. The molecule has 3 aromatic rings. The lowest BCUT2D eigenvalue weighted by molar-refractivity contribution is -0.119. The summed E-state index contributed by atoms with van der Waals surface area (Å²) in [6.45, 7) is 8.49.